The van der Waals surface area contributed by atoms with E-state index in [1.54, 1.807) is 14.0 Å². The standard InChI is InChI=1S/C21H22N2O3S/c1-11-17-15(16(10-22)20(27)23-11)9-21(3,25)19(12(2)24)18(17)13-6-5-7-14(8-13)26-4/h5-8,18-19,25H,9H2,1-4H3,(H,23,27)/t18-,19+,21-/m1/s1. The first-order valence-corrected chi connectivity index (χ1v) is 9.14. The van der Waals surface area contributed by atoms with Gasteiger partial charge in [-0.2, -0.15) is 5.26 Å². The van der Waals surface area contributed by atoms with Crippen molar-refractivity contribution >= 4 is 18.0 Å². The number of nitrogens with one attached hydrogen (secondary N) is 1. The zero-order chi connectivity index (χ0) is 19.9. The first kappa shape index (κ1) is 19.3. The summed E-state index contributed by atoms with van der Waals surface area (Å²) in [7, 11) is 1.59. The molecule has 3 atom stereocenters. The molecule has 0 radical (unpaired) electrons. The number of Topliss-reactive ketones (excluding diaryl/α,β-unsaturated/α-hetero) is 1. The van der Waals surface area contributed by atoms with Gasteiger partial charge in [-0.25, -0.2) is 0 Å². The van der Waals surface area contributed by atoms with Crippen LogP contribution in [0.4, 0.5) is 0 Å². The summed E-state index contributed by atoms with van der Waals surface area (Å²) in [5, 5.41) is 20.9. The zero-order valence-electron chi connectivity index (χ0n) is 15.8. The van der Waals surface area contributed by atoms with E-state index < -0.39 is 17.4 Å². The maximum atomic E-state index is 12.6. The number of rotatable bonds is 3. The average molecular weight is 382 g/mol. The predicted octanol–water partition coefficient (Wildman–Crippen LogP) is 3.58. The number of H-pyrrole nitrogens is 1. The highest BCUT2D eigenvalue weighted by atomic mass is 32.1. The first-order valence-electron chi connectivity index (χ1n) is 8.73. The van der Waals surface area contributed by atoms with Gasteiger partial charge in [-0.15, -0.1) is 0 Å². The Hall–Kier alpha value is -2.49. The van der Waals surface area contributed by atoms with Crippen molar-refractivity contribution in [1.29, 1.82) is 5.26 Å². The fourth-order valence-corrected chi connectivity index (χ4v) is 4.70. The van der Waals surface area contributed by atoms with Crippen molar-refractivity contribution in [2.45, 2.75) is 38.7 Å². The quantitative estimate of drug-likeness (QED) is 0.793. The number of benzene rings is 1. The van der Waals surface area contributed by atoms with Crippen molar-refractivity contribution in [2.75, 3.05) is 7.11 Å². The number of ketones is 1. The Bertz CT molecular complexity index is 1020. The number of methoxy groups -OCH3 is 1. The van der Waals surface area contributed by atoms with Crippen molar-refractivity contribution in [1.82, 2.24) is 4.98 Å². The van der Waals surface area contributed by atoms with Crippen LogP contribution in [0.25, 0.3) is 0 Å². The van der Waals surface area contributed by atoms with Gasteiger partial charge in [0.2, 0.25) is 0 Å². The number of pyridine rings is 1. The molecule has 0 saturated heterocycles. The number of hydrogen-bond acceptors (Lipinski definition) is 5. The van der Waals surface area contributed by atoms with Crippen molar-refractivity contribution in [3.63, 3.8) is 0 Å². The lowest BCUT2D eigenvalue weighted by Crippen LogP contribution is -2.48. The Labute approximate surface area is 163 Å². The molecule has 0 fully saturated rings. The van der Waals surface area contributed by atoms with E-state index in [2.05, 4.69) is 11.1 Å². The van der Waals surface area contributed by atoms with Gasteiger partial charge >= 0.3 is 0 Å². The second-order valence-electron chi connectivity index (χ2n) is 7.33. The number of carbonyl (C=O) groups excluding carboxylic acids is 1. The molecule has 2 N–H and O–H groups in total. The van der Waals surface area contributed by atoms with E-state index in [4.69, 9.17) is 17.0 Å². The molecule has 6 heteroatoms. The summed E-state index contributed by atoms with van der Waals surface area (Å²) in [4.78, 5) is 15.7. The normalized spacial score (nSPS) is 24.0. The van der Waals surface area contributed by atoms with Crippen LogP contribution in [0.1, 0.15) is 47.7 Å². The van der Waals surface area contributed by atoms with Gasteiger partial charge in [-0.05, 0) is 49.6 Å². The van der Waals surface area contributed by atoms with E-state index in [1.807, 2.05) is 31.2 Å². The fraction of sp³-hybridized carbons (Fsp3) is 0.381. The van der Waals surface area contributed by atoms with Gasteiger partial charge in [0.1, 0.15) is 22.2 Å². The summed E-state index contributed by atoms with van der Waals surface area (Å²) < 4.78 is 5.71. The third kappa shape index (κ3) is 3.18. The monoisotopic (exact) mass is 382 g/mol. The molecular formula is C21H22N2O3S. The zero-order valence-corrected chi connectivity index (χ0v) is 16.6. The number of aliphatic hydroxyl groups is 1. The van der Waals surface area contributed by atoms with Crippen LogP contribution in [-0.4, -0.2) is 28.6 Å². The van der Waals surface area contributed by atoms with Gasteiger partial charge in [-0.1, -0.05) is 24.4 Å². The summed E-state index contributed by atoms with van der Waals surface area (Å²) in [6.07, 6.45) is 0.203. The number of nitriles is 1. The Morgan fingerprint density at radius 3 is 2.78 bits per heavy atom. The number of ether oxygens (including phenoxy) is 1. The molecule has 0 saturated carbocycles. The number of nitrogens with zero attached hydrogens (tertiary/aromatic N) is 1. The maximum absolute atomic E-state index is 12.6. The minimum Gasteiger partial charge on any atom is -0.497 e. The number of hydrogen-bond donors (Lipinski definition) is 2. The van der Waals surface area contributed by atoms with Crippen LogP contribution >= 0.6 is 12.2 Å². The van der Waals surface area contributed by atoms with Crippen LogP contribution in [0.3, 0.4) is 0 Å². The molecule has 140 valence electrons. The summed E-state index contributed by atoms with van der Waals surface area (Å²) in [6, 6.07) is 9.66. The van der Waals surface area contributed by atoms with Crippen molar-refractivity contribution in [2.24, 2.45) is 5.92 Å². The Morgan fingerprint density at radius 1 is 1.48 bits per heavy atom. The number of aromatic amines is 1. The van der Waals surface area contributed by atoms with Gasteiger partial charge < -0.3 is 14.8 Å². The summed E-state index contributed by atoms with van der Waals surface area (Å²) in [6.45, 7) is 5.05. The lowest BCUT2D eigenvalue weighted by atomic mass is 9.62. The minimum atomic E-state index is -1.30. The van der Waals surface area contributed by atoms with Crippen LogP contribution < -0.4 is 4.74 Å². The van der Waals surface area contributed by atoms with Gasteiger partial charge in [-0.3, -0.25) is 4.79 Å². The molecule has 1 aliphatic rings. The molecule has 0 aliphatic heterocycles. The summed E-state index contributed by atoms with van der Waals surface area (Å²) >= 11 is 5.33. The molecule has 5 nitrogen and oxygen atoms in total. The van der Waals surface area contributed by atoms with Crippen molar-refractivity contribution in [3.8, 4) is 11.8 Å². The third-order valence-electron chi connectivity index (χ3n) is 5.41. The molecular weight excluding hydrogens is 360 g/mol. The summed E-state index contributed by atoms with van der Waals surface area (Å²) in [5.74, 6) is -0.482. The molecule has 1 aromatic heterocycles. The fourth-order valence-electron chi connectivity index (χ4n) is 4.38. The summed E-state index contributed by atoms with van der Waals surface area (Å²) in [5.41, 5.74) is 2.31. The lowest BCUT2D eigenvalue weighted by Gasteiger charge is -2.43. The van der Waals surface area contributed by atoms with E-state index >= 15 is 0 Å². The molecule has 0 spiro atoms. The molecule has 1 aliphatic carbocycles. The molecule has 1 heterocycles. The van der Waals surface area contributed by atoms with E-state index in [1.165, 1.54) is 6.92 Å². The van der Waals surface area contributed by atoms with Crippen LogP contribution in [0.5, 0.6) is 5.75 Å². The van der Waals surface area contributed by atoms with Crippen LogP contribution in [0.2, 0.25) is 0 Å². The van der Waals surface area contributed by atoms with E-state index in [0.29, 0.717) is 21.5 Å². The van der Waals surface area contributed by atoms with Crippen LogP contribution in [0.15, 0.2) is 24.3 Å². The average Bonchev–Trinajstić information content (AvgIpc) is 2.59. The van der Waals surface area contributed by atoms with Gasteiger partial charge in [0.25, 0.3) is 0 Å². The number of aromatic nitrogens is 1. The van der Waals surface area contributed by atoms with Gasteiger partial charge in [0.15, 0.2) is 0 Å². The van der Waals surface area contributed by atoms with E-state index in [0.717, 1.165) is 16.8 Å². The number of aryl methyl sites for hydroxylation is 1. The van der Waals surface area contributed by atoms with E-state index in [-0.39, 0.29) is 12.2 Å². The molecule has 2 aromatic rings. The number of fused-ring (bicyclic) bond motifs is 1. The molecule has 27 heavy (non-hydrogen) atoms. The van der Waals surface area contributed by atoms with Crippen LogP contribution in [0, 0.1) is 28.8 Å². The molecule has 0 bridgehead atoms. The van der Waals surface area contributed by atoms with E-state index in [9.17, 15) is 15.2 Å². The molecule has 3 rings (SSSR count). The molecule has 0 amide bonds. The smallest absolute Gasteiger partial charge is 0.136 e. The highest BCUT2D eigenvalue weighted by Crippen LogP contribution is 2.48. The molecule has 0 unspecified atom stereocenters. The second-order valence-corrected chi connectivity index (χ2v) is 7.74. The minimum absolute atomic E-state index is 0.0983. The second kappa shape index (κ2) is 6.91. The Morgan fingerprint density at radius 2 is 2.19 bits per heavy atom. The van der Waals surface area contributed by atoms with Gasteiger partial charge in [0.05, 0.1) is 24.2 Å². The maximum Gasteiger partial charge on any atom is 0.136 e. The SMILES string of the molecule is COc1cccc([C@@H]2c3c(C)[nH]c(=S)c(C#N)c3C[C@@](C)(O)[C@H]2C(C)=O)c1. The molecule has 1 aromatic carbocycles. The third-order valence-corrected chi connectivity index (χ3v) is 5.72. The highest BCUT2D eigenvalue weighted by Gasteiger charge is 2.48. The van der Waals surface area contributed by atoms with Crippen molar-refractivity contribution in [3.05, 3.63) is 56.9 Å². The van der Waals surface area contributed by atoms with Gasteiger partial charge in [0, 0.05) is 18.0 Å². The largest absolute Gasteiger partial charge is 0.497 e. The predicted molar refractivity (Wildman–Crippen MR) is 104 cm³/mol. The lowest BCUT2D eigenvalue weighted by molar-refractivity contribution is -0.130. The van der Waals surface area contributed by atoms with Crippen molar-refractivity contribution < 1.29 is 14.6 Å². The Kier molecular flexibility index (Phi) is 4.94. The van der Waals surface area contributed by atoms with Crippen LogP contribution in [-0.2, 0) is 11.2 Å². The number of carbonyl (C=O) groups is 1. The Balaban J connectivity index is 2.40. The highest BCUT2D eigenvalue weighted by molar-refractivity contribution is 7.71. The topological polar surface area (TPSA) is 86.1 Å². The first-order chi connectivity index (χ1) is 12.7.